The topological polar surface area (TPSA) is 64.6 Å². The molecule has 0 atom stereocenters. The van der Waals surface area contributed by atoms with Crippen molar-refractivity contribution in [3.8, 4) is 5.75 Å². The number of hydrogen-bond donors (Lipinski definition) is 1. The van der Waals surface area contributed by atoms with Crippen LogP contribution >= 0.6 is 22.6 Å². The van der Waals surface area contributed by atoms with Gasteiger partial charge in [0.2, 0.25) is 0 Å². The Morgan fingerprint density at radius 3 is 1.98 bits per heavy atom. The number of hydrogen-bond acceptors (Lipinski definition) is 5. The zero-order valence-electron chi connectivity index (χ0n) is 25.5. The van der Waals surface area contributed by atoms with Crippen LogP contribution in [0, 0.1) is 0 Å². The maximum atomic E-state index is 12.2. The van der Waals surface area contributed by atoms with Gasteiger partial charge in [-0.1, -0.05) is 112 Å². The number of benzene rings is 1. The fourth-order valence-corrected chi connectivity index (χ4v) is 5.27. The number of nitrogens with one attached hydrogen (secondary N) is 1. The van der Waals surface area contributed by atoms with Gasteiger partial charge in [-0.15, -0.1) is 0 Å². The van der Waals surface area contributed by atoms with Crippen molar-refractivity contribution in [2.24, 2.45) is 0 Å². The van der Waals surface area contributed by atoms with Crippen LogP contribution in [0.4, 0.5) is 0 Å². The van der Waals surface area contributed by atoms with Gasteiger partial charge in [0.15, 0.2) is 0 Å². The molecule has 1 rings (SSSR count). The summed E-state index contributed by atoms with van der Waals surface area (Å²) in [6.45, 7) is 4.97. The fraction of sp³-hybridized carbons (Fsp3) is 0.765. The Bertz CT molecular complexity index is 742. The summed E-state index contributed by atoms with van der Waals surface area (Å²) in [5.74, 6) is 0.546. The maximum Gasteiger partial charge on any atom is 0.311 e. The number of halogens is 1. The second-order valence-electron chi connectivity index (χ2n) is 11.0. The lowest BCUT2D eigenvalue weighted by molar-refractivity contribution is -0.144. The molecule has 5 nitrogen and oxygen atoms in total. The van der Waals surface area contributed by atoms with Crippen molar-refractivity contribution in [1.82, 2.24) is 5.32 Å². The van der Waals surface area contributed by atoms with Crippen molar-refractivity contribution in [1.29, 1.82) is 0 Å². The molecule has 1 aromatic carbocycles. The van der Waals surface area contributed by atoms with Gasteiger partial charge in [-0.05, 0) is 86.6 Å². The van der Waals surface area contributed by atoms with E-state index in [1.165, 1.54) is 93.5 Å². The molecule has 1 N–H and O–H groups in total. The van der Waals surface area contributed by atoms with Gasteiger partial charge in [0.05, 0.1) is 6.61 Å². The smallest absolute Gasteiger partial charge is 0.311 e. The van der Waals surface area contributed by atoms with Crippen molar-refractivity contribution >= 4 is 34.5 Å². The van der Waals surface area contributed by atoms with Gasteiger partial charge in [-0.3, -0.25) is 9.59 Å². The first-order valence-electron chi connectivity index (χ1n) is 16.4. The molecule has 0 radical (unpaired) electrons. The molecule has 40 heavy (non-hydrogen) atoms. The quantitative estimate of drug-likeness (QED) is 0.0316. The molecule has 0 spiro atoms. The molecule has 0 heterocycles. The van der Waals surface area contributed by atoms with E-state index < -0.39 is 0 Å². The van der Waals surface area contributed by atoms with E-state index in [4.69, 9.17) is 9.47 Å². The second kappa shape index (κ2) is 28.0. The molecule has 0 unspecified atom stereocenters. The average molecular weight is 672 g/mol. The maximum absolute atomic E-state index is 12.2. The van der Waals surface area contributed by atoms with Crippen LogP contribution in [-0.4, -0.2) is 36.1 Å². The molecule has 0 amide bonds. The Morgan fingerprint density at radius 2 is 1.30 bits per heavy atom. The Balaban J connectivity index is 1.83. The van der Waals surface area contributed by atoms with Gasteiger partial charge in [-0.2, -0.15) is 0 Å². The van der Waals surface area contributed by atoms with Crippen LogP contribution in [-0.2, 0) is 20.7 Å². The highest BCUT2D eigenvalue weighted by molar-refractivity contribution is 14.1. The number of carbonyl (C=O) groups is 2. The summed E-state index contributed by atoms with van der Waals surface area (Å²) in [6.07, 6.45) is 23.1. The third-order valence-corrected chi connectivity index (χ3v) is 7.97. The highest BCUT2D eigenvalue weighted by Gasteiger charge is 2.06. The number of rotatable bonds is 28. The Labute approximate surface area is 259 Å². The molecule has 0 aliphatic heterocycles. The van der Waals surface area contributed by atoms with Crippen molar-refractivity contribution in [2.45, 2.75) is 142 Å². The van der Waals surface area contributed by atoms with Crippen molar-refractivity contribution < 1.29 is 19.1 Å². The summed E-state index contributed by atoms with van der Waals surface area (Å²) in [5, 5.41) is 3.55. The van der Waals surface area contributed by atoms with Crippen LogP contribution in [0.25, 0.3) is 0 Å². The number of carbonyl (C=O) groups excluding carboxylic acids is 2. The lowest BCUT2D eigenvalue weighted by Crippen LogP contribution is -2.16. The first-order valence-corrected chi connectivity index (χ1v) is 17.9. The molecule has 0 fully saturated rings. The molecule has 1 aromatic rings. The highest BCUT2D eigenvalue weighted by Crippen LogP contribution is 2.17. The second-order valence-corrected chi connectivity index (χ2v) is 12.1. The van der Waals surface area contributed by atoms with E-state index in [0.29, 0.717) is 25.2 Å². The number of esters is 2. The van der Waals surface area contributed by atoms with Gasteiger partial charge < -0.3 is 14.8 Å². The Hall–Kier alpha value is -1.15. The molecule has 230 valence electrons. The molecule has 0 aromatic heterocycles. The SMILES string of the molecule is CCCCCCCCOC(=O)CCCCCCCNCCCCCCCC(=O)Oc1cccc(CCCCI)c1. The molecule has 0 bridgehead atoms. The standard InChI is InChI=1S/C34H58INO4/c1-2-3-4-5-12-19-29-39-33(37)24-13-8-6-10-17-27-36-28-18-11-7-9-14-25-34(38)40-32-23-20-22-31(30-32)21-15-16-26-35/h20,22-23,30,36H,2-19,21,24-29H2,1H3. The van der Waals surface area contributed by atoms with Crippen molar-refractivity contribution in [3.63, 3.8) is 0 Å². The summed E-state index contributed by atoms with van der Waals surface area (Å²) in [4.78, 5) is 23.9. The summed E-state index contributed by atoms with van der Waals surface area (Å²) >= 11 is 2.41. The van der Waals surface area contributed by atoms with E-state index in [2.05, 4.69) is 40.9 Å². The predicted molar refractivity (Wildman–Crippen MR) is 177 cm³/mol. The Kier molecular flexibility index (Phi) is 25.8. The largest absolute Gasteiger partial charge is 0.466 e. The van der Waals surface area contributed by atoms with Crippen LogP contribution in [0.2, 0.25) is 0 Å². The van der Waals surface area contributed by atoms with Gasteiger partial charge in [0, 0.05) is 12.8 Å². The van der Waals surface area contributed by atoms with Gasteiger partial charge in [0.1, 0.15) is 5.75 Å². The van der Waals surface area contributed by atoms with Crippen molar-refractivity contribution in [2.75, 3.05) is 24.1 Å². The first-order chi connectivity index (χ1) is 19.7. The minimum Gasteiger partial charge on any atom is -0.466 e. The highest BCUT2D eigenvalue weighted by atomic mass is 127. The minimum absolute atomic E-state index is 0.0197. The van der Waals surface area contributed by atoms with Gasteiger partial charge >= 0.3 is 11.9 Å². The molecular formula is C34H58INO4. The molecule has 0 aliphatic carbocycles. The van der Waals surface area contributed by atoms with E-state index in [0.717, 1.165) is 51.6 Å². The number of unbranched alkanes of at least 4 members (excludes halogenated alkanes) is 14. The summed E-state index contributed by atoms with van der Waals surface area (Å²) < 4.78 is 12.1. The van der Waals surface area contributed by atoms with E-state index in [9.17, 15) is 9.59 Å². The predicted octanol–water partition coefficient (Wildman–Crippen LogP) is 9.52. The van der Waals surface area contributed by atoms with Crippen LogP contribution < -0.4 is 10.1 Å². The average Bonchev–Trinajstić information content (AvgIpc) is 2.95. The van der Waals surface area contributed by atoms with Crippen LogP contribution in [0.3, 0.4) is 0 Å². The van der Waals surface area contributed by atoms with Gasteiger partial charge in [0.25, 0.3) is 0 Å². The summed E-state index contributed by atoms with van der Waals surface area (Å²) in [7, 11) is 0. The zero-order chi connectivity index (χ0) is 28.9. The normalized spacial score (nSPS) is 11.1. The third kappa shape index (κ3) is 23.5. The number of aryl methyl sites for hydroxylation is 1. The molecule has 6 heteroatoms. The first kappa shape index (κ1) is 36.9. The van der Waals surface area contributed by atoms with Crippen LogP contribution in [0.1, 0.15) is 141 Å². The van der Waals surface area contributed by atoms with Crippen molar-refractivity contribution in [3.05, 3.63) is 29.8 Å². The minimum atomic E-state index is -0.116. The monoisotopic (exact) mass is 671 g/mol. The van der Waals surface area contributed by atoms with E-state index in [-0.39, 0.29) is 11.9 Å². The van der Waals surface area contributed by atoms with E-state index in [1.54, 1.807) is 0 Å². The number of ether oxygens (including phenoxy) is 2. The molecule has 0 aliphatic rings. The molecule has 0 saturated carbocycles. The van der Waals surface area contributed by atoms with E-state index >= 15 is 0 Å². The van der Waals surface area contributed by atoms with Crippen LogP contribution in [0.5, 0.6) is 5.75 Å². The number of alkyl halides is 1. The lowest BCUT2D eigenvalue weighted by Gasteiger charge is -2.07. The van der Waals surface area contributed by atoms with E-state index in [1.807, 2.05) is 18.2 Å². The zero-order valence-corrected chi connectivity index (χ0v) is 27.7. The van der Waals surface area contributed by atoms with Crippen LogP contribution in [0.15, 0.2) is 24.3 Å². The van der Waals surface area contributed by atoms with Gasteiger partial charge in [-0.25, -0.2) is 0 Å². The summed E-state index contributed by atoms with van der Waals surface area (Å²) in [5.41, 5.74) is 1.25. The molecule has 0 saturated heterocycles. The molecular weight excluding hydrogens is 613 g/mol. The Morgan fingerprint density at radius 1 is 0.700 bits per heavy atom. The lowest BCUT2D eigenvalue weighted by atomic mass is 10.1. The third-order valence-electron chi connectivity index (χ3n) is 7.21. The summed E-state index contributed by atoms with van der Waals surface area (Å²) in [6, 6.07) is 7.98. The fourth-order valence-electron chi connectivity index (χ4n) is 4.74.